The summed E-state index contributed by atoms with van der Waals surface area (Å²) in [5.41, 5.74) is 3.88. The van der Waals surface area contributed by atoms with Crippen molar-refractivity contribution in [3.05, 3.63) is 42.4 Å². The molecular formula is C13H15N5. The zero-order valence-corrected chi connectivity index (χ0v) is 10.2. The minimum atomic E-state index is 0.886. The number of aromatic nitrogens is 4. The van der Waals surface area contributed by atoms with Gasteiger partial charge in [0.2, 0.25) is 0 Å². The standard InChI is InChI=1S/C13H15N5/c1-14-8-6-10-9-18-13(16-10)5-4-12(17-18)11-3-2-7-15-11/h2-5,7,9,14-15H,6,8H2,1H3. The summed E-state index contributed by atoms with van der Waals surface area (Å²) in [5, 5.41) is 7.67. The fraction of sp³-hybridized carbons (Fsp3) is 0.231. The van der Waals surface area contributed by atoms with Crippen molar-refractivity contribution in [1.82, 2.24) is 24.9 Å². The fourth-order valence-corrected chi connectivity index (χ4v) is 1.94. The van der Waals surface area contributed by atoms with E-state index in [4.69, 9.17) is 0 Å². The Morgan fingerprint density at radius 1 is 1.33 bits per heavy atom. The van der Waals surface area contributed by atoms with Gasteiger partial charge in [0.25, 0.3) is 0 Å². The highest BCUT2D eigenvalue weighted by Crippen LogP contribution is 2.14. The van der Waals surface area contributed by atoms with E-state index in [0.29, 0.717) is 0 Å². The van der Waals surface area contributed by atoms with Gasteiger partial charge in [0.05, 0.1) is 17.6 Å². The average molecular weight is 241 g/mol. The first-order chi connectivity index (χ1) is 8.86. The maximum Gasteiger partial charge on any atom is 0.153 e. The molecule has 0 aliphatic heterocycles. The lowest BCUT2D eigenvalue weighted by Crippen LogP contribution is -2.10. The van der Waals surface area contributed by atoms with E-state index in [9.17, 15) is 0 Å². The number of imidazole rings is 1. The average Bonchev–Trinajstić information content (AvgIpc) is 3.03. The predicted molar refractivity (Wildman–Crippen MR) is 70.4 cm³/mol. The summed E-state index contributed by atoms with van der Waals surface area (Å²) in [6.07, 6.45) is 4.80. The molecule has 0 aliphatic carbocycles. The summed E-state index contributed by atoms with van der Waals surface area (Å²) in [5.74, 6) is 0. The van der Waals surface area contributed by atoms with Crippen LogP contribution in [0.5, 0.6) is 0 Å². The third kappa shape index (κ3) is 2.00. The van der Waals surface area contributed by atoms with Gasteiger partial charge in [0.1, 0.15) is 5.69 Å². The Kier molecular flexibility index (Phi) is 2.82. The Morgan fingerprint density at radius 2 is 2.28 bits per heavy atom. The van der Waals surface area contributed by atoms with Crippen molar-refractivity contribution >= 4 is 5.65 Å². The molecule has 0 saturated carbocycles. The highest BCUT2D eigenvalue weighted by atomic mass is 15.3. The molecule has 5 nitrogen and oxygen atoms in total. The number of H-pyrrole nitrogens is 1. The van der Waals surface area contributed by atoms with Gasteiger partial charge in [-0.2, -0.15) is 5.10 Å². The van der Waals surface area contributed by atoms with Gasteiger partial charge in [-0.05, 0) is 31.3 Å². The number of likely N-dealkylation sites (N-methyl/N-ethyl adjacent to an activating group) is 1. The molecule has 0 unspecified atom stereocenters. The van der Waals surface area contributed by atoms with Crippen LogP contribution in [-0.4, -0.2) is 33.2 Å². The second kappa shape index (κ2) is 4.62. The zero-order valence-electron chi connectivity index (χ0n) is 10.2. The summed E-state index contributed by atoms with van der Waals surface area (Å²) in [6.45, 7) is 0.924. The Hall–Kier alpha value is -2.14. The van der Waals surface area contributed by atoms with Crippen LogP contribution in [0.15, 0.2) is 36.7 Å². The maximum atomic E-state index is 4.55. The quantitative estimate of drug-likeness (QED) is 0.727. The number of fused-ring (bicyclic) bond motifs is 1. The van der Waals surface area contributed by atoms with Crippen molar-refractivity contribution in [1.29, 1.82) is 0 Å². The van der Waals surface area contributed by atoms with Crippen LogP contribution < -0.4 is 5.32 Å². The van der Waals surface area contributed by atoms with Gasteiger partial charge < -0.3 is 10.3 Å². The molecule has 0 saturated heterocycles. The molecule has 0 spiro atoms. The van der Waals surface area contributed by atoms with Crippen LogP contribution in [0.3, 0.4) is 0 Å². The van der Waals surface area contributed by atoms with Crippen LogP contribution in [0.25, 0.3) is 17.0 Å². The normalized spacial score (nSPS) is 11.2. The topological polar surface area (TPSA) is 58.0 Å². The summed E-state index contributed by atoms with van der Waals surface area (Å²) >= 11 is 0. The molecule has 3 heterocycles. The number of hydrogen-bond acceptors (Lipinski definition) is 3. The van der Waals surface area contributed by atoms with E-state index in [1.54, 1.807) is 0 Å². The van der Waals surface area contributed by atoms with E-state index in [-0.39, 0.29) is 0 Å². The number of nitrogens with zero attached hydrogens (tertiary/aromatic N) is 3. The third-order valence-electron chi connectivity index (χ3n) is 2.87. The lowest BCUT2D eigenvalue weighted by molar-refractivity contribution is 0.779. The summed E-state index contributed by atoms with van der Waals surface area (Å²) < 4.78 is 1.83. The maximum absolute atomic E-state index is 4.55. The minimum Gasteiger partial charge on any atom is -0.360 e. The van der Waals surface area contributed by atoms with Gasteiger partial charge >= 0.3 is 0 Å². The molecule has 18 heavy (non-hydrogen) atoms. The highest BCUT2D eigenvalue weighted by Gasteiger charge is 2.05. The van der Waals surface area contributed by atoms with Gasteiger partial charge in [0.15, 0.2) is 5.65 Å². The third-order valence-corrected chi connectivity index (χ3v) is 2.87. The van der Waals surface area contributed by atoms with Crippen molar-refractivity contribution < 1.29 is 0 Å². The molecule has 0 radical (unpaired) electrons. The number of rotatable bonds is 4. The molecule has 0 atom stereocenters. The molecule has 3 aromatic rings. The van der Waals surface area contributed by atoms with Crippen molar-refractivity contribution in [3.8, 4) is 11.4 Å². The first kappa shape index (κ1) is 11.0. The van der Waals surface area contributed by atoms with Crippen LogP contribution in [0.2, 0.25) is 0 Å². The molecule has 3 rings (SSSR count). The first-order valence-electron chi connectivity index (χ1n) is 6.00. The Bertz CT molecular complexity index is 639. The van der Waals surface area contributed by atoms with Crippen LogP contribution in [0.4, 0.5) is 0 Å². The Morgan fingerprint density at radius 3 is 3.06 bits per heavy atom. The van der Waals surface area contributed by atoms with Gasteiger partial charge in [-0.15, -0.1) is 0 Å². The first-order valence-corrected chi connectivity index (χ1v) is 6.00. The molecule has 0 aromatic carbocycles. The molecule has 5 heteroatoms. The lowest BCUT2D eigenvalue weighted by atomic mass is 10.3. The SMILES string of the molecule is CNCCc1cn2nc(-c3ccc[nH]3)ccc2n1. The Labute approximate surface area is 105 Å². The van der Waals surface area contributed by atoms with E-state index in [0.717, 1.165) is 35.7 Å². The monoisotopic (exact) mass is 241 g/mol. The molecule has 2 N–H and O–H groups in total. The predicted octanol–water partition coefficient (Wildman–Crippen LogP) is 1.49. The van der Waals surface area contributed by atoms with E-state index < -0.39 is 0 Å². The van der Waals surface area contributed by atoms with Crippen LogP contribution in [-0.2, 0) is 6.42 Å². The van der Waals surface area contributed by atoms with Crippen molar-refractivity contribution in [2.45, 2.75) is 6.42 Å². The van der Waals surface area contributed by atoms with Gasteiger partial charge in [-0.1, -0.05) is 0 Å². The number of hydrogen-bond donors (Lipinski definition) is 2. The van der Waals surface area contributed by atoms with Crippen LogP contribution in [0.1, 0.15) is 5.69 Å². The molecule has 92 valence electrons. The fourth-order valence-electron chi connectivity index (χ4n) is 1.94. The minimum absolute atomic E-state index is 0.886. The van der Waals surface area contributed by atoms with Crippen LogP contribution >= 0.6 is 0 Å². The second-order valence-electron chi connectivity index (χ2n) is 4.19. The van der Waals surface area contributed by atoms with Crippen LogP contribution in [0, 0.1) is 0 Å². The van der Waals surface area contributed by atoms with Crippen molar-refractivity contribution in [3.63, 3.8) is 0 Å². The summed E-state index contributed by atoms with van der Waals surface area (Å²) in [7, 11) is 1.94. The van der Waals surface area contributed by atoms with Crippen molar-refractivity contribution in [2.75, 3.05) is 13.6 Å². The largest absolute Gasteiger partial charge is 0.360 e. The Balaban J connectivity index is 1.96. The van der Waals surface area contributed by atoms with Gasteiger partial charge in [-0.25, -0.2) is 9.50 Å². The number of aromatic amines is 1. The summed E-state index contributed by atoms with van der Waals surface area (Å²) in [4.78, 5) is 7.68. The van der Waals surface area contributed by atoms with E-state index in [1.165, 1.54) is 0 Å². The lowest BCUT2D eigenvalue weighted by Gasteiger charge is -1.97. The summed E-state index contributed by atoms with van der Waals surface area (Å²) in [6, 6.07) is 7.95. The molecule has 3 aromatic heterocycles. The van der Waals surface area contributed by atoms with Gasteiger partial charge in [0, 0.05) is 19.2 Å². The molecule has 0 fully saturated rings. The van der Waals surface area contributed by atoms with E-state index in [2.05, 4.69) is 20.4 Å². The van der Waals surface area contributed by atoms with Crippen molar-refractivity contribution in [2.24, 2.45) is 0 Å². The zero-order chi connectivity index (χ0) is 12.4. The molecule has 0 bridgehead atoms. The smallest absolute Gasteiger partial charge is 0.153 e. The highest BCUT2D eigenvalue weighted by molar-refractivity contribution is 5.56. The molecule has 0 amide bonds. The van der Waals surface area contributed by atoms with E-state index in [1.807, 2.05) is 48.2 Å². The van der Waals surface area contributed by atoms with E-state index >= 15 is 0 Å². The molecule has 0 aliphatic rings. The number of nitrogens with one attached hydrogen (secondary N) is 2. The molecular weight excluding hydrogens is 226 g/mol. The van der Waals surface area contributed by atoms with Gasteiger partial charge in [-0.3, -0.25) is 0 Å². The second-order valence-corrected chi connectivity index (χ2v) is 4.19.